The Balaban J connectivity index is 1.66. The van der Waals surface area contributed by atoms with Crippen LogP contribution < -0.4 is 14.8 Å². The van der Waals surface area contributed by atoms with E-state index in [1.807, 2.05) is 6.92 Å². The molecule has 1 N–H and O–H groups in total. The first-order valence-electron chi connectivity index (χ1n) is 9.90. The van der Waals surface area contributed by atoms with Gasteiger partial charge in [-0.1, -0.05) is 0 Å². The first kappa shape index (κ1) is 24.6. The van der Waals surface area contributed by atoms with Gasteiger partial charge in [0.2, 0.25) is 5.76 Å². The molecule has 0 bridgehead atoms. The summed E-state index contributed by atoms with van der Waals surface area (Å²) >= 11 is 0.974. The highest BCUT2D eigenvalue weighted by Crippen LogP contribution is 2.29. The van der Waals surface area contributed by atoms with E-state index in [0.717, 1.165) is 17.8 Å². The normalized spacial score (nSPS) is 15.6. The molecule has 0 spiro atoms. The van der Waals surface area contributed by atoms with E-state index in [0.29, 0.717) is 29.4 Å². The molecular formula is C22H21N3O8S. The molecule has 178 valence electrons. The van der Waals surface area contributed by atoms with Crippen LogP contribution >= 0.6 is 11.8 Å². The van der Waals surface area contributed by atoms with E-state index in [4.69, 9.17) is 13.9 Å². The number of amides is 1. The number of thioether (sulfide) groups is 1. The van der Waals surface area contributed by atoms with Crippen LogP contribution in [-0.4, -0.2) is 50.1 Å². The van der Waals surface area contributed by atoms with Crippen molar-refractivity contribution in [2.75, 3.05) is 20.8 Å². The van der Waals surface area contributed by atoms with Crippen LogP contribution in [-0.2, 0) is 25.7 Å². The summed E-state index contributed by atoms with van der Waals surface area (Å²) in [6.07, 6.45) is 2.56. The van der Waals surface area contributed by atoms with E-state index in [1.165, 1.54) is 26.5 Å². The quantitative estimate of drug-likeness (QED) is 0.245. The molecule has 2 aromatic rings. The number of ether oxygens (including phenoxy) is 4. The number of furan rings is 1. The number of benzene rings is 1. The van der Waals surface area contributed by atoms with Crippen LogP contribution in [0.15, 0.2) is 55.9 Å². The molecule has 1 aromatic carbocycles. The van der Waals surface area contributed by atoms with Crippen molar-refractivity contribution in [1.29, 1.82) is 0 Å². The van der Waals surface area contributed by atoms with Gasteiger partial charge in [-0.15, -0.1) is 5.10 Å². The zero-order valence-electron chi connectivity index (χ0n) is 18.5. The third kappa shape index (κ3) is 6.48. The Labute approximate surface area is 198 Å². The van der Waals surface area contributed by atoms with Crippen molar-refractivity contribution in [2.45, 2.75) is 13.5 Å². The van der Waals surface area contributed by atoms with Crippen LogP contribution in [0.5, 0.6) is 11.5 Å². The number of esters is 2. The van der Waals surface area contributed by atoms with Gasteiger partial charge >= 0.3 is 11.9 Å². The maximum atomic E-state index is 11.8. The summed E-state index contributed by atoms with van der Waals surface area (Å²) in [5, 5.41) is 10.7. The molecule has 2 heterocycles. The van der Waals surface area contributed by atoms with Crippen LogP contribution in [0.1, 0.15) is 28.8 Å². The molecule has 11 nitrogen and oxygen atoms in total. The zero-order valence-corrected chi connectivity index (χ0v) is 19.3. The van der Waals surface area contributed by atoms with Crippen molar-refractivity contribution < 1.29 is 37.7 Å². The van der Waals surface area contributed by atoms with E-state index >= 15 is 0 Å². The highest BCUT2D eigenvalue weighted by Gasteiger charge is 2.25. The molecule has 1 amide bonds. The fourth-order valence-corrected chi connectivity index (χ4v) is 3.34. The average molecular weight is 487 g/mol. The molecule has 0 atom stereocenters. The molecule has 3 rings (SSSR count). The van der Waals surface area contributed by atoms with Crippen LogP contribution in [0, 0.1) is 0 Å². The van der Waals surface area contributed by atoms with E-state index in [-0.39, 0.29) is 22.4 Å². The summed E-state index contributed by atoms with van der Waals surface area (Å²) in [6, 6.07) is 8.29. The number of hydrogen-bond acceptors (Lipinski definition) is 11. The Morgan fingerprint density at radius 2 is 1.94 bits per heavy atom. The fraction of sp³-hybridized carbons (Fsp3) is 0.227. The molecule has 0 saturated carbocycles. The third-order valence-corrected chi connectivity index (χ3v) is 5.04. The number of amidine groups is 1. The van der Waals surface area contributed by atoms with Gasteiger partial charge in [0.15, 0.2) is 16.7 Å². The summed E-state index contributed by atoms with van der Waals surface area (Å²) in [7, 11) is 2.50. The highest BCUT2D eigenvalue weighted by molar-refractivity contribution is 8.18. The van der Waals surface area contributed by atoms with Gasteiger partial charge in [0, 0.05) is 6.08 Å². The van der Waals surface area contributed by atoms with Gasteiger partial charge < -0.3 is 23.4 Å². The minimum atomic E-state index is -0.635. The van der Waals surface area contributed by atoms with Crippen molar-refractivity contribution in [3.8, 4) is 11.5 Å². The van der Waals surface area contributed by atoms with Crippen LogP contribution in [0.2, 0.25) is 0 Å². The largest absolute Gasteiger partial charge is 0.490 e. The molecule has 1 fully saturated rings. The number of rotatable bonds is 9. The Bertz CT molecular complexity index is 1170. The predicted molar refractivity (Wildman–Crippen MR) is 123 cm³/mol. The summed E-state index contributed by atoms with van der Waals surface area (Å²) in [5.74, 6) is -0.184. The standard InChI is InChI=1S/C22H21N3O8S/c1-4-31-17-9-13(11-23-25-22-24-20(27)18(34-22)10-19(26)29-2)5-7-15(17)32-12-14-6-8-16(33-14)21(28)30-3/h5-11H,4,12H2,1-3H3,(H,24,25,27)/b18-10+,23-11?. The van der Waals surface area contributed by atoms with Gasteiger partial charge in [-0.2, -0.15) is 5.10 Å². The molecule has 0 radical (unpaired) electrons. The van der Waals surface area contributed by atoms with Crippen molar-refractivity contribution >= 4 is 41.0 Å². The summed E-state index contributed by atoms with van der Waals surface area (Å²) in [5.41, 5.74) is 0.672. The maximum Gasteiger partial charge on any atom is 0.373 e. The SMILES string of the molecule is CCOc1cc(C=N/N=C2/NC(=O)/C(=C\C(=O)OC)S2)ccc1OCc1ccc(C(=O)OC)o1. The van der Waals surface area contributed by atoms with Gasteiger partial charge in [0.05, 0.1) is 31.9 Å². The molecule has 1 aromatic heterocycles. The summed E-state index contributed by atoms with van der Waals surface area (Å²) in [6.45, 7) is 2.33. The van der Waals surface area contributed by atoms with Gasteiger partial charge in [0.1, 0.15) is 12.4 Å². The van der Waals surface area contributed by atoms with E-state index in [1.54, 1.807) is 24.3 Å². The number of carbonyl (C=O) groups excluding carboxylic acids is 3. The summed E-state index contributed by atoms with van der Waals surface area (Å²) < 4.78 is 25.9. The predicted octanol–water partition coefficient (Wildman–Crippen LogP) is 2.65. The highest BCUT2D eigenvalue weighted by atomic mass is 32.2. The molecule has 12 heteroatoms. The third-order valence-electron chi connectivity index (χ3n) is 4.14. The van der Waals surface area contributed by atoms with Crippen molar-refractivity contribution in [1.82, 2.24) is 5.32 Å². The van der Waals surface area contributed by atoms with Gasteiger partial charge in [0.25, 0.3) is 5.91 Å². The molecular weight excluding hydrogens is 466 g/mol. The first-order valence-corrected chi connectivity index (χ1v) is 10.7. The lowest BCUT2D eigenvalue weighted by molar-refractivity contribution is -0.135. The molecule has 1 aliphatic heterocycles. The molecule has 0 aliphatic carbocycles. The molecule has 34 heavy (non-hydrogen) atoms. The van der Waals surface area contributed by atoms with Gasteiger partial charge in [-0.3, -0.25) is 10.1 Å². The number of carbonyl (C=O) groups is 3. The monoisotopic (exact) mass is 487 g/mol. The van der Waals surface area contributed by atoms with E-state index in [9.17, 15) is 14.4 Å². The minimum absolute atomic E-state index is 0.0799. The van der Waals surface area contributed by atoms with Gasteiger partial charge in [-0.05, 0) is 54.6 Å². The summed E-state index contributed by atoms with van der Waals surface area (Å²) in [4.78, 5) is 34.8. The van der Waals surface area contributed by atoms with Crippen LogP contribution in [0.4, 0.5) is 0 Å². The topological polar surface area (TPSA) is 138 Å². The Hall–Kier alpha value is -4.06. The van der Waals surface area contributed by atoms with Crippen molar-refractivity contribution in [3.63, 3.8) is 0 Å². The lowest BCUT2D eigenvalue weighted by Crippen LogP contribution is -2.19. The maximum absolute atomic E-state index is 11.8. The number of methoxy groups -OCH3 is 2. The van der Waals surface area contributed by atoms with E-state index in [2.05, 4.69) is 25.0 Å². The Morgan fingerprint density at radius 3 is 2.68 bits per heavy atom. The van der Waals surface area contributed by atoms with E-state index < -0.39 is 17.8 Å². The second kappa shape index (κ2) is 11.7. The lowest BCUT2D eigenvalue weighted by Gasteiger charge is -2.11. The lowest BCUT2D eigenvalue weighted by atomic mass is 10.2. The number of hydrogen-bond donors (Lipinski definition) is 1. The van der Waals surface area contributed by atoms with Gasteiger partial charge in [-0.25, -0.2) is 9.59 Å². The Morgan fingerprint density at radius 1 is 1.12 bits per heavy atom. The van der Waals surface area contributed by atoms with Crippen molar-refractivity contribution in [2.24, 2.45) is 10.2 Å². The molecule has 1 saturated heterocycles. The minimum Gasteiger partial charge on any atom is -0.490 e. The first-order chi connectivity index (χ1) is 16.4. The average Bonchev–Trinajstić information content (AvgIpc) is 3.44. The molecule has 0 unspecified atom stereocenters. The zero-order chi connectivity index (χ0) is 24.5. The number of nitrogens with one attached hydrogen (secondary N) is 1. The molecule has 1 aliphatic rings. The van der Waals surface area contributed by atoms with Crippen LogP contribution in [0.25, 0.3) is 0 Å². The second-order valence-corrected chi connectivity index (χ2v) is 7.45. The smallest absolute Gasteiger partial charge is 0.373 e. The fourth-order valence-electron chi connectivity index (χ4n) is 2.60. The Kier molecular flexibility index (Phi) is 8.46. The second-order valence-electron chi connectivity index (χ2n) is 6.42. The van der Waals surface area contributed by atoms with Crippen LogP contribution in [0.3, 0.4) is 0 Å². The number of nitrogens with zero attached hydrogens (tertiary/aromatic N) is 2. The van der Waals surface area contributed by atoms with Crippen molar-refractivity contribution in [3.05, 3.63) is 58.4 Å².